The molecule has 0 radical (unpaired) electrons. The third-order valence-corrected chi connectivity index (χ3v) is 2.92. The Morgan fingerprint density at radius 1 is 1.00 bits per heavy atom. The van der Waals surface area contributed by atoms with E-state index < -0.39 is 12.4 Å². The van der Waals surface area contributed by atoms with Crippen LogP contribution in [0.4, 0.5) is 29.3 Å². The summed E-state index contributed by atoms with van der Waals surface area (Å²) in [6.07, 6.45) is -4.74. The molecule has 0 aliphatic carbocycles. The second-order valence-corrected chi connectivity index (χ2v) is 5.08. The average Bonchev–Trinajstić information content (AvgIpc) is 2.39. The summed E-state index contributed by atoms with van der Waals surface area (Å²) < 4.78 is 40.6. The first-order valence-corrected chi connectivity index (χ1v) is 6.80. The number of anilines is 2. The number of rotatable bonds is 3. The van der Waals surface area contributed by atoms with Crippen LogP contribution >= 0.6 is 15.9 Å². The molecule has 2 N–H and O–H groups in total. The summed E-state index contributed by atoms with van der Waals surface area (Å²) in [5, 5.41) is 5.09. The van der Waals surface area contributed by atoms with Gasteiger partial charge in [-0.2, -0.15) is 0 Å². The number of urea groups is 1. The molecule has 116 valence electrons. The zero-order valence-corrected chi connectivity index (χ0v) is 12.5. The molecular formula is C14H10BrF3N2O2. The van der Waals surface area contributed by atoms with Gasteiger partial charge in [-0.05, 0) is 42.5 Å². The van der Waals surface area contributed by atoms with Crippen LogP contribution in [-0.2, 0) is 0 Å². The number of carbonyl (C=O) groups excluding carboxylic acids is 1. The van der Waals surface area contributed by atoms with Gasteiger partial charge < -0.3 is 15.4 Å². The van der Waals surface area contributed by atoms with Crippen LogP contribution in [0.25, 0.3) is 0 Å². The van der Waals surface area contributed by atoms with Gasteiger partial charge in [0.1, 0.15) is 5.75 Å². The van der Waals surface area contributed by atoms with Crippen LogP contribution in [0.3, 0.4) is 0 Å². The van der Waals surface area contributed by atoms with Gasteiger partial charge >= 0.3 is 12.4 Å². The molecular weight excluding hydrogens is 365 g/mol. The highest BCUT2D eigenvalue weighted by atomic mass is 79.9. The van der Waals surface area contributed by atoms with Gasteiger partial charge in [-0.1, -0.05) is 22.0 Å². The van der Waals surface area contributed by atoms with Gasteiger partial charge in [-0.3, -0.25) is 0 Å². The van der Waals surface area contributed by atoms with Crippen LogP contribution in [0.1, 0.15) is 0 Å². The number of ether oxygens (including phenoxy) is 1. The molecule has 0 bridgehead atoms. The Kier molecular flexibility index (Phi) is 4.92. The molecule has 0 aromatic heterocycles. The van der Waals surface area contributed by atoms with E-state index in [0.717, 1.165) is 16.6 Å². The molecule has 22 heavy (non-hydrogen) atoms. The molecule has 0 aliphatic rings. The fraction of sp³-hybridized carbons (Fsp3) is 0.0714. The first kappa shape index (κ1) is 16.2. The lowest BCUT2D eigenvalue weighted by Crippen LogP contribution is -2.19. The Morgan fingerprint density at radius 3 is 2.23 bits per heavy atom. The van der Waals surface area contributed by atoms with Gasteiger partial charge in [0.15, 0.2) is 0 Å². The Labute approximate surface area is 132 Å². The van der Waals surface area contributed by atoms with E-state index in [-0.39, 0.29) is 5.75 Å². The van der Waals surface area contributed by atoms with Crippen molar-refractivity contribution in [2.45, 2.75) is 6.36 Å². The molecule has 0 unspecified atom stereocenters. The quantitative estimate of drug-likeness (QED) is 0.794. The molecule has 0 aliphatic heterocycles. The Balaban J connectivity index is 1.94. The van der Waals surface area contributed by atoms with E-state index in [0.29, 0.717) is 11.4 Å². The van der Waals surface area contributed by atoms with Crippen LogP contribution in [0.2, 0.25) is 0 Å². The van der Waals surface area contributed by atoms with E-state index in [1.807, 2.05) is 6.07 Å². The SMILES string of the molecule is O=C(Nc1ccc(OC(F)(F)F)cc1)Nc1cccc(Br)c1. The number of alkyl halides is 3. The van der Waals surface area contributed by atoms with E-state index in [9.17, 15) is 18.0 Å². The van der Waals surface area contributed by atoms with Crippen LogP contribution in [0.15, 0.2) is 53.0 Å². The van der Waals surface area contributed by atoms with Crippen molar-refractivity contribution >= 4 is 33.3 Å². The lowest BCUT2D eigenvalue weighted by molar-refractivity contribution is -0.274. The fourth-order valence-corrected chi connectivity index (χ4v) is 2.00. The summed E-state index contributed by atoms with van der Waals surface area (Å²) in [7, 11) is 0. The van der Waals surface area contributed by atoms with Crippen molar-refractivity contribution in [1.82, 2.24) is 0 Å². The number of carbonyl (C=O) groups is 1. The molecule has 0 atom stereocenters. The van der Waals surface area contributed by atoms with E-state index in [1.165, 1.54) is 12.1 Å². The number of amides is 2. The third-order valence-electron chi connectivity index (χ3n) is 2.43. The Hall–Kier alpha value is -2.22. The van der Waals surface area contributed by atoms with Crippen molar-refractivity contribution in [2.75, 3.05) is 10.6 Å². The van der Waals surface area contributed by atoms with Crippen molar-refractivity contribution in [2.24, 2.45) is 0 Å². The van der Waals surface area contributed by atoms with Gasteiger partial charge in [-0.15, -0.1) is 13.2 Å². The third kappa shape index (κ3) is 5.28. The topological polar surface area (TPSA) is 50.4 Å². The van der Waals surface area contributed by atoms with Crippen LogP contribution < -0.4 is 15.4 Å². The monoisotopic (exact) mass is 374 g/mol. The normalized spacial score (nSPS) is 10.9. The Bertz CT molecular complexity index is 660. The highest BCUT2D eigenvalue weighted by Crippen LogP contribution is 2.24. The number of halogens is 4. The molecule has 8 heteroatoms. The van der Waals surface area contributed by atoms with Crippen LogP contribution in [0, 0.1) is 0 Å². The van der Waals surface area contributed by atoms with Gasteiger partial charge in [0.05, 0.1) is 0 Å². The maximum absolute atomic E-state index is 12.0. The zero-order valence-electron chi connectivity index (χ0n) is 10.9. The van der Waals surface area contributed by atoms with E-state index in [1.54, 1.807) is 18.2 Å². The number of hydrogen-bond donors (Lipinski definition) is 2. The van der Waals surface area contributed by atoms with Crippen LogP contribution in [-0.4, -0.2) is 12.4 Å². The molecule has 0 saturated heterocycles. The predicted octanol–water partition coefficient (Wildman–Crippen LogP) is 4.99. The summed E-state index contributed by atoms with van der Waals surface area (Å²) >= 11 is 3.27. The van der Waals surface area contributed by atoms with Crippen molar-refractivity contribution in [3.05, 3.63) is 53.0 Å². The summed E-state index contributed by atoms with van der Waals surface area (Å²) in [6.45, 7) is 0. The summed E-state index contributed by atoms with van der Waals surface area (Å²) in [4.78, 5) is 11.8. The largest absolute Gasteiger partial charge is 0.573 e. The number of benzene rings is 2. The smallest absolute Gasteiger partial charge is 0.406 e. The molecule has 4 nitrogen and oxygen atoms in total. The van der Waals surface area contributed by atoms with E-state index in [4.69, 9.17) is 0 Å². The highest BCUT2D eigenvalue weighted by Gasteiger charge is 2.30. The number of hydrogen-bond acceptors (Lipinski definition) is 2. The van der Waals surface area contributed by atoms with Gasteiger partial charge in [0.25, 0.3) is 0 Å². The number of nitrogens with one attached hydrogen (secondary N) is 2. The fourth-order valence-electron chi connectivity index (χ4n) is 1.60. The maximum Gasteiger partial charge on any atom is 0.573 e. The summed E-state index contributed by atoms with van der Waals surface area (Å²) in [6, 6.07) is 11.3. The summed E-state index contributed by atoms with van der Waals surface area (Å²) in [5.41, 5.74) is 0.908. The van der Waals surface area contributed by atoms with Crippen molar-refractivity contribution in [3.8, 4) is 5.75 Å². The van der Waals surface area contributed by atoms with Gasteiger partial charge in [-0.25, -0.2) is 4.79 Å². The first-order chi connectivity index (χ1) is 10.3. The van der Waals surface area contributed by atoms with Crippen LogP contribution in [0.5, 0.6) is 5.75 Å². The minimum absolute atomic E-state index is 0.335. The maximum atomic E-state index is 12.0. The molecule has 2 rings (SSSR count). The minimum Gasteiger partial charge on any atom is -0.406 e. The second kappa shape index (κ2) is 6.69. The predicted molar refractivity (Wildman–Crippen MR) is 79.9 cm³/mol. The highest BCUT2D eigenvalue weighted by molar-refractivity contribution is 9.10. The average molecular weight is 375 g/mol. The molecule has 0 heterocycles. The van der Waals surface area contributed by atoms with E-state index in [2.05, 4.69) is 31.3 Å². The molecule has 2 amide bonds. The zero-order chi connectivity index (χ0) is 16.2. The molecule has 0 spiro atoms. The van der Waals surface area contributed by atoms with Gasteiger partial charge in [0.2, 0.25) is 0 Å². The van der Waals surface area contributed by atoms with E-state index >= 15 is 0 Å². The van der Waals surface area contributed by atoms with Crippen molar-refractivity contribution < 1.29 is 22.7 Å². The molecule has 2 aromatic rings. The minimum atomic E-state index is -4.74. The molecule has 2 aromatic carbocycles. The summed E-state index contributed by atoms with van der Waals surface area (Å²) in [5.74, 6) is -0.356. The van der Waals surface area contributed by atoms with Gasteiger partial charge in [0, 0.05) is 15.8 Å². The van der Waals surface area contributed by atoms with Crippen molar-refractivity contribution in [3.63, 3.8) is 0 Å². The lowest BCUT2D eigenvalue weighted by Gasteiger charge is -2.10. The Morgan fingerprint density at radius 2 is 1.64 bits per heavy atom. The first-order valence-electron chi connectivity index (χ1n) is 6.01. The standard InChI is InChI=1S/C14H10BrF3N2O2/c15-9-2-1-3-11(8-9)20-13(21)19-10-4-6-12(7-5-10)22-14(16,17)18/h1-8H,(H2,19,20,21). The molecule has 0 fully saturated rings. The second-order valence-electron chi connectivity index (χ2n) is 4.16. The molecule has 0 saturated carbocycles. The van der Waals surface area contributed by atoms with Crippen molar-refractivity contribution in [1.29, 1.82) is 0 Å². The lowest BCUT2D eigenvalue weighted by atomic mass is 10.3.